The fourth-order valence-corrected chi connectivity index (χ4v) is 2.02. The highest BCUT2D eigenvalue weighted by atomic mass is 19.1. The largest absolute Gasteiger partial charge is 0.548 e. The number of β-amino-alcohol motifs (C(OH)–C–C–N with tert-alkyl or cyclic N) is 1. The first-order valence-corrected chi connectivity index (χ1v) is 5.44. The molecule has 6 heteroatoms. The van der Waals surface area contributed by atoms with Crippen molar-refractivity contribution in [3.8, 4) is 0 Å². The maximum absolute atomic E-state index is 12.7. The number of likely N-dealkylation sites (tertiary alicyclic amines) is 1. The zero-order chi connectivity index (χ0) is 13.3. The molecule has 5 nitrogen and oxygen atoms in total. The highest BCUT2D eigenvalue weighted by Gasteiger charge is 2.35. The van der Waals surface area contributed by atoms with E-state index in [1.807, 2.05) is 0 Å². The van der Waals surface area contributed by atoms with Crippen molar-refractivity contribution in [2.24, 2.45) is 0 Å². The van der Waals surface area contributed by atoms with E-state index in [1.165, 1.54) is 12.1 Å². The minimum absolute atomic E-state index is 0.0464. The summed E-state index contributed by atoms with van der Waals surface area (Å²) in [5.41, 5.74) is 0.178. The van der Waals surface area contributed by atoms with Gasteiger partial charge in [-0.15, -0.1) is 0 Å². The molecule has 0 spiro atoms. The van der Waals surface area contributed by atoms with Gasteiger partial charge >= 0.3 is 0 Å². The fourth-order valence-electron chi connectivity index (χ4n) is 2.02. The van der Waals surface area contributed by atoms with Crippen LogP contribution in [-0.4, -0.2) is 40.6 Å². The number of carboxylic acids is 1. The van der Waals surface area contributed by atoms with E-state index in [0.29, 0.717) is 0 Å². The number of rotatable bonds is 2. The van der Waals surface area contributed by atoms with Crippen LogP contribution in [0.1, 0.15) is 16.8 Å². The quantitative estimate of drug-likeness (QED) is 0.743. The third-order valence-electron chi connectivity index (χ3n) is 2.90. The molecular weight excluding hydrogens is 241 g/mol. The van der Waals surface area contributed by atoms with E-state index < -0.39 is 29.8 Å². The highest BCUT2D eigenvalue weighted by Crippen LogP contribution is 2.20. The summed E-state index contributed by atoms with van der Waals surface area (Å²) < 4.78 is 12.7. The molecule has 1 aliphatic heterocycles. The summed E-state index contributed by atoms with van der Waals surface area (Å²) in [4.78, 5) is 23.9. The van der Waals surface area contributed by atoms with Crippen LogP contribution in [0.25, 0.3) is 0 Å². The number of halogens is 1. The van der Waals surface area contributed by atoms with E-state index in [0.717, 1.165) is 17.0 Å². The molecule has 18 heavy (non-hydrogen) atoms. The topological polar surface area (TPSA) is 80.7 Å². The average Bonchev–Trinajstić information content (AvgIpc) is 2.71. The van der Waals surface area contributed by atoms with Gasteiger partial charge in [0.1, 0.15) is 5.82 Å². The van der Waals surface area contributed by atoms with E-state index in [9.17, 15) is 24.2 Å². The van der Waals surface area contributed by atoms with Gasteiger partial charge in [-0.25, -0.2) is 4.39 Å². The Morgan fingerprint density at radius 3 is 2.50 bits per heavy atom. The van der Waals surface area contributed by atoms with Crippen LogP contribution in [0.5, 0.6) is 0 Å². The zero-order valence-electron chi connectivity index (χ0n) is 9.38. The van der Waals surface area contributed by atoms with Crippen LogP contribution in [0.2, 0.25) is 0 Å². The normalized spacial score (nSPS) is 23.1. The number of amides is 1. The van der Waals surface area contributed by atoms with Crippen LogP contribution >= 0.6 is 0 Å². The van der Waals surface area contributed by atoms with Crippen molar-refractivity contribution in [1.29, 1.82) is 0 Å². The average molecular weight is 252 g/mol. The van der Waals surface area contributed by atoms with Gasteiger partial charge in [-0.05, 0) is 24.3 Å². The second kappa shape index (κ2) is 4.73. The Labute approximate surface area is 102 Å². The van der Waals surface area contributed by atoms with E-state index >= 15 is 0 Å². The van der Waals surface area contributed by atoms with Gasteiger partial charge in [0.25, 0.3) is 5.91 Å². The van der Waals surface area contributed by atoms with Crippen LogP contribution < -0.4 is 5.11 Å². The van der Waals surface area contributed by atoms with Gasteiger partial charge in [0.05, 0.1) is 18.1 Å². The van der Waals surface area contributed by atoms with Gasteiger partial charge in [-0.1, -0.05) is 0 Å². The number of carbonyl (C=O) groups is 2. The molecule has 2 rings (SSSR count). The Morgan fingerprint density at radius 2 is 1.94 bits per heavy atom. The number of hydrogen-bond acceptors (Lipinski definition) is 4. The summed E-state index contributed by atoms with van der Waals surface area (Å²) in [6.45, 7) is -0.0607. The Balaban J connectivity index is 2.22. The smallest absolute Gasteiger partial charge is 0.254 e. The van der Waals surface area contributed by atoms with Crippen LogP contribution in [0.4, 0.5) is 4.39 Å². The van der Waals surface area contributed by atoms with Crippen molar-refractivity contribution < 1.29 is 24.2 Å². The molecule has 1 amide bonds. The molecule has 0 radical (unpaired) electrons. The standard InChI is InChI=1S/C12H12FNO4/c13-8-3-1-7(2-4-8)11(16)14-6-9(15)5-10(14)12(17)18/h1-4,9-10,15H,5-6H2,(H,17,18)/p-1/t9-,10-/m0/s1. The van der Waals surface area contributed by atoms with E-state index in [2.05, 4.69) is 0 Å². The van der Waals surface area contributed by atoms with Gasteiger partial charge in [-0.3, -0.25) is 4.79 Å². The van der Waals surface area contributed by atoms with Crippen LogP contribution in [-0.2, 0) is 4.79 Å². The number of aliphatic hydroxyl groups is 1. The first-order valence-electron chi connectivity index (χ1n) is 5.44. The minimum Gasteiger partial charge on any atom is -0.548 e. The molecule has 1 aromatic rings. The molecule has 0 unspecified atom stereocenters. The predicted molar refractivity (Wildman–Crippen MR) is 56.9 cm³/mol. The van der Waals surface area contributed by atoms with Crippen molar-refractivity contribution >= 4 is 11.9 Å². The summed E-state index contributed by atoms with van der Waals surface area (Å²) in [6, 6.07) is 3.64. The van der Waals surface area contributed by atoms with Gasteiger partial charge < -0.3 is 19.9 Å². The summed E-state index contributed by atoms with van der Waals surface area (Å²) in [7, 11) is 0. The first kappa shape index (κ1) is 12.5. The zero-order valence-corrected chi connectivity index (χ0v) is 9.38. The second-order valence-electron chi connectivity index (χ2n) is 4.19. The number of carboxylic acid groups (broad SMARTS) is 1. The summed E-state index contributed by atoms with van der Waals surface area (Å²) in [5.74, 6) is -2.44. The first-order chi connectivity index (χ1) is 8.49. The Bertz CT molecular complexity index is 473. The maximum atomic E-state index is 12.7. The van der Waals surface area contributed by atoms with Crippen molar-refractivity contribution in [1.82, 2.24) is 4.90 Å². The van der Waals surface area contributed by atoms with Crippen molar-refractivity contribution in [2.75, 3.05) is 6.54 Å². The molecule has 1 fully saturated rings. The number of benzene rings is 1. The molecular formula is C12H11FNO4-. The SMILES string of the molecule is O=C([O-])[C@@H]1C[C@H](O)CN1C(=O)c1ccc(F)cc1. The van der Waals surface area contributed by atoms with Crippen LogP contribution in [0.15, 0.2) is 24.3 Å². The lowest BCUT2D eigenvalue weighted by Crippen LogP contribution is -2.47. The maximum Gasteiger partial charge on any atom is 0.254 e. The molecule has 1 saturated heterocycles. The van der Waals surface area contributed by atoms with Gasteiger partial charge in [0, 0.05) is 18.5 Å². The third kappa shape index (κ3) is 2.33. The van der Waals surface area contributed by atoms with Gasteiger partial charge in [-0.2, -0.15) is 0 Å². The molecule has 0 saturated carbocycles. The Kier molecular flexibility index (Phi) is 3.29. The minimum atomic E-state index is -1.40. The van der Waals surface area contributed by atoms with E-state index in [-0.39, 0.29) is 18.5 Å². The van der Waals surface area contributed by atoms with Crippen LogP contribution in [0, 0.1) is 5.82 Å². The molecule has 96 valence electrons. The lowest BCUT2D eigenvalue weighted by Gasteiger charge is -2.25. The summed E-state index contributed by atoms with van der Waals surface area (Å²) in [5, 5.41) is 20.3. The van der Waals surface area contributed by atoms with Crippen molar-refractivity contribution in [3.05, 3.63) is 35.6 Å². The number of aliphatic hydroxyl groups excluding tert-OH is 1. The number of nitrogens with zero attached hydrogens (tertiary/aromatic N) is 1. The number of hydrogen-bond donors (Lipinski definition) is 1. The van der Waals surface area contributed by atoms with Crippen molar-refractivity contribution in [3.63, 3.8) is 0 Å². The molecule has 0 bridgehead atoms. The molecule has 1 heterocycles. The Hall–Kier alpha value is -1.95. The van der Waals surface area contributed by atoms with Gasteiger partial charge in [0.15, 0.2) is 0 Å². The van der Waals surface area contributed by atoms with Crippen LogP contribution in [0.3, 0.4) is 0 Å². The predicted octanol–water partition coefficient (Wildman–Crippen LogP) is -0.849. The van der Waals surface area contributed by atoms with E-state index in [4.69, 9.17) is 0 Å². The fraction of sp³-hybridized carbons (Fsp3) is 0.333. The second-order valence-corrected chi connectivity index (χ2v) is 4.19. The third-order valence-corrected chi connectivity index (χ3v) is 2.90. The molecule has 1 N–H and O–H groups in total. The van der Waals surface area contributed by atoms with E-state index in [1.54, 1.807) is 0 Å². The molecule has 2 atom stereocenters. The van der Waals surface area contributed by atoms with Gasteiger partial charge in [0.2, 0.25) is 0 Å². The molecule has 0 aromatic heterocycles. The molecule has 1 aliphatic rings. The summed E-state index contributed by atoms with van der Waals surface area (Å²) >= 11 is 0. The highest BCUT2D eigenvalue weighted by molar-refractivity contribution is 5.96. The Morgan fingerprint density at radius 1 is 1.33 bits per heavy atom. The number of aliphatic carboxylic acids is 1. The number of carbonyl (C=O) groups excluding carboxylic acids is 2. The molecule has 1 aromatic carbocycles. The lowest BCUT2D eigenvalue weighted by molar-refractivity contribution is -0.310. The lowest BCUT2D eigenvalue weighted by atomic mass is 10.1. The monoisotopic (exact) mass is 252 g/mol. The molecule has 0 aliphatic carbocycles. The summed E-state index contributed by atoms with van der Waals surface area (Å²) in [6.07, 6.45) is -0.924. The van der Waals surface area contributed by atoms with Crippen molar-refractivity contribution in [2.45, 2.75) is 18.6 Å².